The lowest BCUT2D eigenvalue weighted by Gasteiger charge is -2.36. The first-order valence-electron chi connectivity index (χ1n) is 9.30. The summed E-state index contributed by atoms with van der Waals surface area (Å²) < 4.78 is 5.14. The molecule has 1 aromatic rings. The van der Waals surface area contributed by atoms with Crippen LogP contribution in [0.2, 0.25) is 0 Å². The van der Waals surface area contributed by atoms with Crippen molar-refractivity contribution in [2.45, 2.75) is 19.3 Å². The lowest BCUT2D eigenvalue weighted by Crippen LogP contribution is -2.51. The lowest BCUT2D eigenvalue weighted by molar-refractivity contribution is -0.139. The van der Waals surface area contributed by atoms with Crippen molar-refractivity contribution in [2.75, 3.05) is 50.8 Å². The summed E-state index contributed by atoms with van der Waals surface area (Å²) in [7, 11) is 0. The number of hydrogen-bond donors (Lipinski definition) is 2. The molecule has 0 atom stereocenters. The highest BCUT2D eigenvalue weighted by Crippen LogP contribution is 2.22. The average molecular weight is 398 g/mol. The van der Waals surface area contributed by atoms with Gasteiger partial charge in [0.1, 0.15) is 5.75 Å². The summed E-state index contributed by atoms with van der Waals surface area (Å²) >= 11 is 0. The predicted molar refractivity (Wildman–Crippen MR) is 106 cm³/mol. The fourth-order valence-electron chi connectivity index (χ4n) is 3.57. The number of piperidine rings is 1. The molecule has 2 fully saturated rings. The van der Waals surface area contributed by atoms with Gasteiger partial charge in [-0.3, -0.25) is 4.79 Å². The number of carboxylic acid groups (broad SMARTS) is 1. The zero-order valence-corrected chi connectivity index (χ0v) is 16.2. The van der Waals surface area contributed by atoms with E-state index in [0.29, 0.717) is 12.3 Å². The molecule has 1 aromatic carbocycles. The average Bonchev–Trinajstić information content (AvgIpc) is 2.66. The Labute approximate surface area is 166 Å². The van der Waals surface area contributed by atoms with Crippen LogP contribution in [-0.4, -0.2) is 67.8 Å². The maximum Gasteiger partial charge on any atom is 0.341 e. The number of ether oxygens (including phenoxy) is 1. The van der Waals surface area contributed by atoms with Crippen molar-refractivity contribution in [3.05, 3.63) is 24.3 Å². The van der Waals surface area contributed by atoms with Crippen LogP contribution in [0.25, 0.3) is 0 Å². The van der Waals surface area contributed by atoms with E-state index < -0.39 is 5.97 Å². The minimum atomic E-state index is -1.000. The number of aliphatic carboxylic acids is 1. The van der Waals surface area contributed by atoms with Crippen LogP contribution in [0.3, 0.4) is 0 Å². The first-order valence-corrected chi connectivity index (χ1v) is 9.30. The van der Waals surface area contributed by atoms with Crippen LogP contribution >= 0.6 is 12.4 Å². The summed E-state index contributed by atoms with van der Waals surface area (Å²) in [5, 5.41) is 12.0. The molecular weight excluding hydrogens is 370 g/mol. The van der Waals surface area contributed by atoms with Gasteiger partial charge >= 0.3 is 5.97 Å². The van der Waals surface area contributed by atoms with E-state index in [0.717, 1.165) is 50.7 Å². The normalized spacial score (nSPS) is 18.1. The quantitative estimate of drug-likeness (QED) is 0.727. The number of carbonyl (C=O) groups is 2. The number of nitrogens with zero attached hydrogens (tertiary/aromatic N) is 2. The van der Waals surface area contributed by atoms with Crippen molar-refractivity contribution in [3.63, 3.8) is 0 Å². The molecule has 2 saturated heterocycles. The molecule has 0 aliphatic carbocycles. The number of carboxylic acids is 1. The molecule has 2 N–H and O–H groups in total. The van der Waals surface area contributed by atoms with Gasteiger partial charge in [0.25, 0.3) is 0 Å². The Morgan fingerprint density at radius 2 is 1.89 bits per heavy atom. The maximum atomic E-state index is 12.5. The largest absolute Gasteiger partial charge is 0.482 e. The van der Waals surface area contributed by atoms with Crippen molar-refractivity contribution in [2.24, 2.45) is 5.92 Å². The van der Waals surface area contributed by atoms with E-state index >= 15 is 0 Å². The highest BCUT2D eigenvalue weighted by atomic mass is 35.5. The Bertz CT molecular complexity index is 620. The Morgan fingerprint density at radius 3 is 2.52 bits per heavy atom. The first kappa shape index (κ1) is 21.3. The summed E-state index contributed by atoms with van der Waals surface area (Å²) in [6.45, 7) is 4.65. The highest BCUT2D eigenvalue weighted by Gasteiger charge is 2.25. The smallest absolute Gasteiger partial charge is 0.341 e. The van der Waals surface area contributed by atoms with Gasteiger partial charge in [-0.05, 0) is 62.5 Å². The molecule has 0 aromatic heterocycles. The lowest BCUT2D eigenvalue weighted by atomic mass is 9.94. The Balaban J connectivity index is 0.00000261. The third-order valence-corrected chi connectivity index (χ3v) is 5.15. The molecule has 150 valence electrons. The summed E-state index contributed by atoms with van der Waals surface area (Å²) in [5.41, 5.74) is 0.957. The maximum absolute atomic E-state index is 12.5. The Morgan fingerprint density at radius 1 is 1.19 bits per heavy atom. The van der Waals surface area contributed by atoms with E-state index in [9.17, 15) is 9.59 Å². The standard InChI is InChI=1S/C19H27N3O4.ClH/c23-18-13-22(16-1-3-17(4-2-16)26-14-19(24)25)12-11-21(18)10-7-15-5-8-20-9-6-15;/h1-4,15,20H,5-14H2,(H,24,25);1H. The van der Waals surface area contributed by atoms with Crippen molar-refractivity contribution < 1.29 is 19.4 Å². The highest BCUT2D eigenvalue weighted by molar-refractivity contribution is 5.85. The molecule has 0 bridgehead atoms. The monoisotopic (exact) mass is 397 g/mol. The molecule has 7 nitrogen and oxygen atoms in total. The summed E-state index contributed by atoms with van der Waals surface area (Å²) in [6.07, 6.45) is 3.53. The molecule has 2 aliphatic heterocycles. The molecule has 8 heteroatoms. The number of hydrogen-bond acceptors (Lipinski definition) is 5. The molecule has 2 aliphatic rings. The van der Waals surface area contributed by atoms with Crippen LogP contribution in [-0.2, 0) is 9.59 Å². The first-order chi connectivity index (χ1) is 12.6. The molecule has 0 spiro atoms. The van der Waals surface area contributed by atoms with Gasteiger partial charge in [0.15, 0.2) is 6.61 Å². The van der Waals surface area contributed by atoms with Gasteiger partial charge in [-0.1, -0.05) is 0 Å². The van der Waals surface area contributed by atoms with Crippen LogP contribution in [0.15, 0.2) is 24.3 Å². The van der Waals surface area contributed by atoms with Gasteiger partial charge in [0.2, 0.25) is 5.91 Å². The molecule has 1 amide bonds. The van der Waals surface area contributed by atoms with Crippen molar-refractivity contribution in [1.82, 2.24) is 10.2 Å². The summed E-state index contributed by atoms with van der Waals surface area (Å²) in [4.78, 5) is 27.1. The molecule has 0 radical (unpaired) electrons. The summed E-state index contributed by atoms with van der Waals surface area (Å²) in [5.74, 6) is 0.431. The molecule has 0 saturated carbocycles. The third kappa shape index (κ3) is 6.29. The van der Waals surface area contributed by atoms with Crippen molar-refractivity contribution >= 4 is 30.0 Å². The van der Waals surface area contributed by atoms with Gasteiger partial charge in [0, 0.05) is 25.3 Å². The van der Waals surface area contributed by atoms with Crippen LogP contribution < -0.4 is 15.0 Å². The fourth-order valence-corrected chi connectivity index (χ4v) is 3.57. The van der Waals surface area contributed by atoms with E-state index in [-0.39, 0.29) is 24.9 Å². The second-order valence-corrected chi connectivity index (χ2v) is 6.96. The van der Waals surface area contributed by atoms with Crippen LogP contribution in [0.1, 0.15) is 19.3 Å². The Kier molecular flexibility index (Phi) is 8.19. The second kappa shape index (κ2) is 10.4. The number of carbonyl (C=O) groups excluding carboxylic acids is 1. The number of nitrogens with one attached hydrogen (secondary N) is 1. The summed E-state index contributed by atoms with van der Waals surface area (Å²) in [6, 6.07) is 7.22. The van der Waals surface area contributed by atoms with E-state index in [4.69, 9.17) is 9.84 Å². The molecule has 2 heterocycles. The fraction of sp³-hybridized carbons (Fsp3) is 0.579. The second-order valence-electron chi connectivity index (χ2n) is 6.96. The Hall–Kier alpha value is -1.99. The minimum Gasteiger partial charge on any atom is -0.482 e. The number of piperazine rings is 1. The van der Waals surface area contributed by atoms with Crippen molar-refractivity contribution in [1.29, 1.82) is 0 Å². The van der Waals surface area contributed by atoms with Gasteiger partial charge in [-0.25, -0.2) is 4.79 Å². The molecule has 27 heavy (non-hydrogen) atoms. The zero-order valence-electron chi connectivity index (χ0n) is 15.4. The topological polar surface area (TPSA) is 82.1 Å². The predicted octanol–water partition coefficient (Wildman–Crippen LogP) is 1.61. The molecule has 0 unspecified atom stereocenters. The van der Waals surface area contributed by atoms with E-state index in [1.54, 1.807) is 12.1 Å². The number of benzene rings is 1. The number of halogens is 1. The van der Waals surface area contributed by atoms with E-state index in [2.05, 4.69) is 10.2 Å². The number of amides is 1. The van der Waals surface area contributed by atoms with Gasteiger partial charge in [-0.15, -0.1) is 12.4 Å². The van der Waals surface area contributed by atoms with Crippen LogP contribution in [0.5, 0.6) is 5.75 Å². The number of rotatable bonds is 7. The molecule has 3 rings (SSSR count). The van der Waals surface area contributed by atoms with Gasteiger partial charge in [-0.2, -0.15) is 0 Å². The van der Waals surface area contributed by atoms with Crippen molar-refractivity contribution in [3.8, 4) is 5.75 Å². The minimum absolute atomic E-state index is 0. The van der Waals surface area contributed by atoms with E-state index in [1.165, 1.54) is 12.8 Å². The molecular formula is C19H28ClN3O4. The van der Waals surface area contributed by atoms with Crippen LogP contribution in [0, 0.1) is 5.92 Å². The van der Waals surface area contributed by atoms with E-state index in [1.807, 2.05) is 17.0 Å². The SMILES string of the molecule is Cl.O=C(O)COc1ccc(N2CCN(CCC3CCNCC3)C(=O)C2)cc1. The zero-order chi connectivity index (χ0) is 18.4. The third-order valence-electron chi connectivity index (χ3n) is 5.15. The van der Waals surface area contributed by atoms with Crippen LogP contribution in [0.4, 0.5) is 5.69 Å². The van der Waals surface area contributed by atoms with Gasteiger partial charge in [0.05, 0.1) is 6.54 Å². The van der Waals surface area contributed by atoms with Gasteiger partial charge < -0.3 is 25.0 Å². The number of anilines is 1.